The number of hydrogen-bond acceptors (Lipinski definition) is 3. The van der Waals surface area contributed by atoms with Crippen molar-refractivity contribution in [1.29, 1.82) is 0 Å². The van der Waals surface area contributed by atoms with E-state index in [4.69, 9.17) is 10.8 Å². The van der Waals surface area contributed by atoms with Crippen LogP contribution in [-0.4, -0.2) is 40.5 Å². The minimum Gasteiger partial charge on any atom is -0.384 e. The van der Waals surface area contributed by atoms with Crippen molar-refractivity contribution in [3.8, 4) is 0 Å². The first-order valence-electron chi connectivity index (χ1n) is 4.32. The largest absolute Gasteiger partial charge is 0.384 e. The molecule has 0 saturated carbocycles. The van der Waals surface area contributed by atoms with Crippen LogP contribution in [0.2, 0.25) is 0 Å². The molecule has 2 atom stereocenters. The average Bonchev–Trinajstić information content (AvgIpc) is 2.50. The highest BCUT2D eigenvalue weighted by Crippen LogP contribution is 2.17. The van der Waals surface area contributed by atoms with E-state index < -0.39 is 24.0 Å². The minimum absolute atomic E-state index is 0.415. The van der Waals surface area contributed by atoms with Gasteiger partial charge >= 0.3 is 0 Å². The van der Waals surface area contributed by atoms with E-state index in [-0.39, 0.29) is 0 Å². The number of amides is 2. The number of nitrogens with zero attached hydrogens (tertiary/aromatic N) is 1. The van der Waals surface area contributed by atoms with Crippen LogP contribution in [0.25, 0.3) is 0 Å². The molecule has 0 spiro atoms. The number of nitrogens with two attached hydrogens (primary N) is 1. The van der Waals surface area contributed by atoms with Crippen molar-refractivity contribution in [2.24, 2.45) is 5.73 Å². The molecule has 13 heavy (non-hydrogen) atoms. The summed E-state index contributed by atoms with van der Waals surface area (Å²) >= 11 is 0. The fourth-order valence-electron chi connectivity index (χ4n) is 1.57. The van der Waals surface area contributed by atoms with Crippen molar-refractivity contribution in [3.05, 3.63) is 0 Å². The van der Waals surface area contributed by atoms with Gasteiger partial charge in [-0.15, -0.1) is 0 Å². The number of likely N-dealkylation sites (tertiary alicyclic amines) is 1. The molecule has 1 fully saturated rings. The van der Waals surface area contributed by atoms with E-state index in [9.17, 15) is 9.59 Å². The maximum absolute atomic E-state index is 11.3. The van der Waals surface area contributed by atoms with Crippen molar-refractivity contribution >= 4 is 11.8 Å². The van der Waals surface area contributed by atoms with Crippen LogP contribution in [0.1, 0.15) is 19.8 Å². The monoisotopic (exact) mass is 186 g/mol. The van der Waals surface area contributed by atoms with Crippen molar-refractivity contribution in [2.75, 3.05) is 6.54 Å². The minimum atomic E-state index is -1.06. The van der Waals surface area contributed by atoms with Crippen LogP contribution in [-0.2, 0) is 9.59 Å². The summed E-state index contributed by atoms with van der Waals surface area (Å²) in [5.74, 6) is -0.909. The number of carbonyl (C=O) groups is 2. The van der Waals surface area contributed by atoms with E-state index in [0.29, 0.717) is 13.0 Å². The zero-order valence-electron chi connectivity index (χ0n) is 7.56. The van der Waals surface area contributed by atoms with Gasteiger partial charge in [0, 0.05) is 6.54 Å². The molecule has 5 nitrogen and oxygen atoms in total. The summed E-state index contributed by atoms with van der Waals surface area (Å²) in [6, 6.07) is -0.526. The van der Waals surface area contributed by atoms with Gasteiger partial charge in [-0.3, -0.25) is 9.59 Å². The lowest BCUT2D eigenvalue weighted by Gasteiger charge is -2.23. The molecule has 0 aliphatic carbocycles. The molecule has 1 heterocycles. The van der Waals surface area contributed by atoms with Gasteiger partial charge in [-0.2, -0.15) is 0 Å². The summed E-state index contributed by atoms with van der Waals surface area (Å²) in [7, 11) is 0. The van der Waals surface area contributed by atoms with Crippen molar-refractivity contribution in [1.82, 2.24) is 4.90 Å². The van der Waals surface area contributed by atoms with Gasteiger partial charge < -0.3 is 15.7 Å². The van der Waals surface area contributed by atoms with E-state index in [1.165, 1.54) is 11.8 Å². The SMILES string of the molecule is C[C@@H](O)C(=O)N1CCC[C@@H]1C(N)=O. The summed E-state index contributed by atoms with van der Waals surface area (Å²) < 4.78 is 0. The molecule has 0 aromatic carbocycles. The second-order valence-corrected chi connectivity index (χ2v) is 3.27. The third-order valence-corrected chi connectivity index (χ3v) is 2.22. The van der Waals surface area contributed by atoms with Gasteiger partial charge in [0.05, 0.1) is 0 Å². The number of carbonyl (C=O) groups excluding carboxylic acids is 2. The van der Waals surface area contributed by atoms with Crippen LogP contribution in [0.4, 0.5) is 0 Å². The molecule has 0 aromatic rings. The van der Waals surface area contributed by atoms with Gasteiger partial charge in [-0.1, -0.05) is 0 Å². The lowest BCUT2D eigenvalue weighted by Crippen LogP contribution is -2.47. The Morgan fingerprint density at radius 2 is 2.23 bits per heavy atom. The van der Waals surface area contributed by atoms with E-state index in [2.05, 4.69) is 0 Å². The lowest BCUT2D eigenvalue weighted by molar-refractivity contribution is -0.143. The molecule has 74 valence electrons. The van der Waals surface area contributed by atoms with Crippen molar-refractivity contribution in [2.45, 2.75) is 31.9 Å². The Balaban J connectivity index is 2.68. The Hall–Kier alpha value is -1.10. The van der Waals surface area contributed by atoms with Crippen molar-refractivity contribution in [3.63, 3.8) is 0 Å². The Bertz CT molecular complexity index is 227. The zero-order chi connectivity index (χ0) is 10.0. The van der Waals surface area contributed by atoms with E-state index in [1.54, 1.807) is 0 Å². The number of primary amides is 1. The fourth-order valence-corrected chi connectivity index (χ4v) is 1.57. The standard InChI is InChI=1S/C8H14N2O3/c1-5(11)8(13)10-4-2-3-6(10)7(9)12/h5-6,11H,2-4H2,1H3,(H2,9,12)/t5-,6-/m1/s1. The van der Waals surface area contributed by atoms with Gasteiger partial charge in [0.15, 0.2) is 0 Å². The zero-order valence-corrected chi connectivity index (χ0v) is 7.56. The first-order chi connectivity index (χ1) is 6.04. The first kappa shape index (κ1) is 9.98. The molecule has 0 unspecified atom stereocenters. The molecule has 0 bridgehead atoms. The summed E-state index contributed by atoms with van der Waals surface area (Å²) in [4.78, 5) is 23.6. The molecule has 1 saturated heterocycles. The highest BCUT2D eigenvalue weighted by Gasteiger charge is 2.33. The van der Waals surface area contributed by atoms with Gasteiger partial charge in [0.25, 0.3) is 5.91 Å². The third kappa shape index (κ3) is 1.98. The topological polar surface area (TPSA) is 83.6 Å². The van der Waals surface area contributed by atoms with Crippen LogP contribution in [0.15, 0.2) is 0 Å². The molecule has 1 aliphatic heterocycles. The van der Waals surface area contributed by atoms with Crippen LogP contribution in [0, 0.1) is 0 Å². The highest BCUT2D eigenvalue weighted by molar-refractivity contribution is 5.88. The normalized spacial score (nSPS) is 24.5. The van der Waals surface area contributed by atoms with E-state index in [0.717, 1.165) is 6.42 Å². The molecule has 1 aliphatic rings. The summed E-state index contributed by atoms with van der Waals surface area (Å²) in [6.45, 7) is 1.90. The van der Waals surface area contributed by atoms with Crippen molar-refractivity contribution < 1.29 is 14.7 Å². The predicted molar refractivity (Wildman–Crippen MR) is 45.6 cm³/mol. The van der Waals surface area contributed by atoms with Crippen LogP contribution in [0.3, 0.4) is 0 Å². The number of aliphatic hydroxyl groups excluding tert-OH is 1. The summed E-state index contributed by atoms with van der Waals surface area (Å²) in [5, 5.41) is 9.04. The molecule has 0 aromatic heterocycles. The Morgan fingerprint density at radius 3 is 2.69 bits per heavy atom. The predicted octanol–water partition coefficient (Wildman–Crippen LogP) is -1.16. The number of rotatable bonds is 2. The second-order valence-electron chi connectivity index (χ2n) is 3.27. The quantitative estimate of drug-likeness (QED) is 0.570. The molecule has 3 N–H and O–H groups in total. The van der Waals surface area contributed by atoms with Gasteiger partial charge in [0.1, 0.15) is 12.1 Å². The number of hydrogen-bond donors (Lipinski definition) is 2. The highest BCUT2D eigenvalue weighted by atomic mass is 16.3. The third-order valence-electron chi connectivity index (χ3n) is 2.22. The van der Waals surface area contributed by atoms with Gasteiger partial charge in [-0.25, -0.2) is 0 Å². The molecular formula is C8H14N2O3. The molecule has 1 rings (SSSR count). The van der Waals surface area contributed by atoms with Gasteiger partial charge in [0.2, 0.25) is 5.91 Å². The Labute approximate surface area is 76.5 Å². The fraction of sp³-hybridized carbons (Fsp3) is 0.750. The van der Waals surface area contributed by atoms with E-state index in [1.807, 2.05) is 0 Å². The van der Waals surface area contributed by atoms with Crippen LogP contribution >= 0.6 is 0 Å². The lowest BCUT2D eigenvalue weighted by atomic mass is 10.2. The maximum Gasteiger partial charge on any atom is 0.251 e. The first-order valence-corrected chi connectivity index (χ1v) is 4.32. The van der Waals surface area contributed by atoms with Crippen LogP contribution in [0.5, 0.6) is 0 Å². The molecule has 0 radical (unpaired) electrons. The summed E-state index contributed by atoms with van der Waals surface area (Å²) in [6.07, 6.45) is 0.319. The Morgan fingerprint density at radius 1 is 1.62 bits per heavy atom. The number of aliphatic hydroxyl groups is 1. The smallest absolute Gasteiger partial charge is 0.251 e. The van der Waals surface area contributed by atoms with E-state index >= 15 is 0 Å². The molecule has 5 heteroatoms. The Kier molecular flexibility index (Phi) is 2.87. The van der Waals surface area contributed by atoms with Gasteiger partial charge in [-0.05, 0) is 19.8 Å². The average molecular weight is 186 g/mol. The maximum atomic E-state index is 11.3. The molecule has 2 amide bonds. The second kappa shape index (κ2) is 3.74. The van der Waals surface area contributed by atoms with Crippen LogP contribution < -0.4 is 5.73 Å². The molecular weight excluding hydrogens is 172 g/mol. The summed E-state index contributed by atoms with van der Waals surface area (Å²) in [5.41, 5.74) is 5.11.